The van der Waals surface area contributed by atoms with Gasteiger partial charge in [-0.15, -0.1) is 0 Å². The summed E-state index contributed by atoms with van der Waals surface area (Å²) in [5, 5.41) is 1.23. The molecule has 0 aliphatic rings. The molecule has 0 aliphatic heterocycles. The molecule has 0 atom stereocenters. The third-order valence-corrected chi connectivity index (χ3v) is 4.56. The van der Waals surface area contributed by atoms with Crippen LogP contribution in [0.25, 0.3) is 0 Å². The van der Waals surface area contributed by atoms with Crippen LogP contribution in [0.2, 0.25) is 5.15 Å². The predicted octanol–water partition coefficient (Wildman–Crippen LogP) is 4.30. The van der Waals surface area contributed by atoms with Crippen LogP contribution < -0.4 is 9.64 Å². The average Bonchev–Trinajstić information content (AvgIpc) is 2.59. The number of aromatic nitrogens is 2. The number of anilines is 1. The van der Waals surface area contributed by atoms with Crippen LogP contribution in [-0.4, -0.2) is 36.4 Å². The quantitative estimate of drug-likeness (QED) is 0.422. The molecule has 1 aromatic heterocycles. The van der Waals surface area contributed by atoms with Gasteiger partial charge in [0, 0.05) is 25.1 Å². The van der Waals surface area contributed by atoms with Crippen molar-refractivity contribution in [1.29, 1.82) is 0 Å². The average molecular weight is 352 g/mol. The fourth-order valence-corrected chi connectivity index (χ4v) is 3.04. The summed E-state index contributed by atoms with van der Waals surface area (Å²) in [6.45, 7) is 6.01. The van der Waals surface area contributed by atoms with Crippen molar-refractivity contribution in [3.05, 3.63) is 40.5 Å². The van der Waals surface area contributed by atoms with Gasteiger partial charge in [0.1, 0.15) is 16.7 Å². The lowest BCUT2D eigenvalue weighted by atomic mass is 10.1. The van der Waals surface area contributed by atoms with E-state index in [0.29, 0.717) is 16.7 Å². The lowest BCUT2D eigenvalue weighted by molar-refractivity contribution is 0.414. The third-order valence-electron chi connectivity index (χ3n) is 3.70. The molecule has 23 heavy (non-hydrogen) atoms. The molecule has 0 N–H and O–H groups in total. The summed E-state index contributed by atoms with van der Waals surface area (Å²) < 4.78 is 5.21. The molecule has 1 aromatic carbocycles. The van der Waals surface area contributed by atoms with Crippen LogP contribution in [0.3, 0.4) is 0 Å². The van der Waals surface area contributed by atoms with E-state index in [4.69, 9.17) is 21.3 Å². The van der Waals surface area contributed by atoms with Gasteiger partial charge in [-0.2, -0.15) is 0 Å². The first-order valence-corrected chi connectivity index (χ1v) is 9.21. The number of hydrogen-bond donors (Lipinski definition) is 0. The van der Waals surface area contributed by atoms with E-state index in [1.165, 1.54) is 11.8 Å². The molecule has 124 valence electrons. The highest BCUT2D eigenvalue weighted by molar-refractivity contribution is 7.98. The zero-order valence-electron chi connectivity index (χ0n) is 14.0. The van der Waals surface area contributed by atoms with E-state index >= 15 is 0 Å². The van der Waals surface area contributed by atoms with Crippen LogP contribution in [0.15, 0.2) is 29.4 Å². The third kappa shape index (κ3) is 4.30. The molecular weight excluding hydrogens is 330 g/mol. The van der Waals surface area contributed by atoms with Gasteiger partial charge in [0.05, 0.1) is 7.11 Å². The van der Waals surface area contributed by atoms with E-state index in [0.717, 1.165) is 35.8 Å². The van der Waals surface area contributed by atoms with Gasteiger partial charge in [-0.05, 0) is 37.8 Å². The molecule has 0 spiro atoms. The molecule has 2 rings (SSSR count). The molecule has 0 saturated carbocycles. The van der Waals surface area contributed by atoms with Crippen molar-refractivity contribution >= 4 is 29.2 Å². The number of thioether (sulfide) groups is 1. The molecule has 0 fully saturated rings. The van der Waals surface area contributed by atoms with Crippen LogP contribution >= 0.6 is 23.4 Å². The summed E-state index contributed by atoms with van der Waals surface area (Å²) >= 11 is 7.97. The maximum Gasteiger partial charge on any atom is 0.190 e. The van der Waals surface area contributed by atoms with Crippen molar-refractivity contribution in [2.45, 2.75) is 25.4 Å². The van der Waals surface area contributed by atoms with E-state index < -0.39 is 0 Å². The highest BCUT2D eigenvalue weighted by Gasteiger charge is 2.17. The standard InChI is InChI=1S/C17H22ClN3OS/c1-5-21(6-2)16-14(15(18)19-17(20-16)23-4)11-12-7-9-13(22-3)10-8-12/h7-10H,5-6,11H2,1-4H3. The van der Waals surface area contributed by atoms with Gasteiger partial charge < -0.3 is 9.64 Å². The SMILES string of the molecule is CCN(CC)c1nc(SC)nc(Cl)c1Cc1ccc(OC)cc1. The molecule has 0 saturated heterocycles. The Labute approximate surface area is 147 Å². The Morgan fingerprint density at radius 2 is 1.78 bits per heavy atom. The normalized spacial score (nSPS) is 10.7. The van der Waals surface area contributed by atoms with E-state index in [9.17, 15) is 0 Å². The van der Waals surface area contributed by atoms with Crippen LogP contribution in [0.5, 0.6) is 5.75 Å². The van der Waals surface area contributed by atoms with Crippen LogP contribution in [0.1, 0.15) is 25.0 Å². The Morgan fingerprint density at radius 3 is 2.30 bits per heavy atom. The smallest absolute Gasteiger partial charge is 0.190 e. The fourth-order valence-electron chi connectivity index (χ4n) is 2.40. The van der Waals surface area contributed by atoms with Crippen molar-refractivity contribution in [2.24, 2.45) is 0 Å². The first-order valence-electron chi connectivity index (χ1n) is 7.61. The molecule has 0 amide bonds. The van der Waals surface area contributed by atoms with Gasteiger partial charge in [-0.25, -0.2) is 9.97 Å². The Hall–Kier alpha value is -1.46. The Balaban J connectivity index is 2.42. The fraction of sp³-hybridized carbons (Fsp3) is 0.412. The number of benzene rings is 1. The molecule has 6 heteroatoms. The number of nitrogens with zero attached hydrogens (tertiary/aromatic N) is 3. The minimum atomic E-state index is 0.530. The molecule has 0 unspecified atom stereocenters. The Bertz CT molecular complexity index is 645. The van der Waals surface area contributed by atoms with Gasteiger partial charge >= 0.3 is 0 Å². The predicted molar refractivity (Wildman–Crippen MR) is 98.2 cm³/mol. The summed E-state index contributed by atoms with van der Waals surface area (Å²) in [5.41, 5.74) is 2.12. The zero-order chi connectivity index (χ0) is 16.8. The number of ether oxygens (including phenoxy) is 1. The minimum Gasteiger partial charge on any atom is -0.497 e. The highest BCUT2D eigenvalue weighted by Crippen LogP contribution is 2.29. The van der Waals surface area contributed by atoms with E-state index in [1.54, 1.807) is 7.11 Å². The van der Waals surface area contributed by atoms with E-state index in [-0.39, 0.29) is 0 Å². The molecular formula is C17H22ClN3OS. The molecule has 0 bridgehead atoms. The maximum atomic E-state index is 6.46. The summed E-state index contributed by atoms with van der Waals surface area (Å²) in [7, 11) is 1.67. The van der Waals surface area contributed by atoms with Crippen molar-refractivity contribution in [2.75, 3.05) is 31.4 Å². The molecule has 2 aromatic rings. The second-order valence-corrected chi connectivity index (χ2v) is 6.13. The second kappa shape index (κ2) is 8.41. The van der Waals surface area contributed by atoms with Gasteiger partial charge in [0.25, 0.3) is 0 Å². The van der Waals surface area contributed by atoms with Crippen molar-refractivity contribution in [3.63, 3.8) is 0 Å². The lowest BCUT2D eigenvalue weighted by Gasteiger charge is -2.23. The molecule has 0 radical (unpaired) electrons. The molecule has 0 aliphatic carbocycles. The highest BCUT2D eigenvalue weighted by atomic mass is 35.5. The van der Waals surface area contributed by atoms with E-state index in [1.807, 2.05) is 30.5 Å². The van der Waals surface area contributed by atoms with Crippen LogP contribution in [0.4, 0.5) is 5.82 Å². The van der Waals surface area contributed by atoms with Gasteiger partial charge in [-0.1, -0.05) is 35.5 Å². The first kappa shape index (κ1) is 17.9. The van der Waals surface area contributed by atoms with Gasteiger partial charge in [0.2, 0.25) is 0 Å². The van der Waals surface area contributed by atoms with Gasteiger partial charge in [-0.3, -0.25) is 0 Å². The Kier molecular flexibility index (Phi) is 6.54. The number of halogens is 1. The van der Waals surface area contributed by atoms with Crippen LogP contribution in [0, 0.1) is 0 Å². The number of hydrogen-bond acceptors (Lipinski definition) is 5. The zero-order valence-corrected chi connectivity index (χ0v) is 15.5. The Morgan fingerprint density at radius 1 is 1.13 bits per heavy atom. The van der Waals surface area contributed by atoms with Crippen molar-refractivity contribution in [1.82, 2.24) is 9.97 Å². The number of rotatable bonds is 7. The summed E-state index contributed by atoms with van der Waals surface area (Å²) in [6, 6.07) is 8.00. The van der Waals surface area contributed by atoms with E-state index in [2.05, 4.69) is 23.7 Å². The second-order valence-electron chi connectivity index (χ2n) is 5.00. The monoisotopic (exact) mass is 351 g/mol. The largest absolute Gasteiger partial charge is 0.497 e. The first-order chi connectivity index (χ1) is 11.1. The summed E-state index contributed by atoms with van der Waals surface area (Å²) in [6.07, 6.45) is 2.66. The van der Waals surface area contributed by atoms with Crippen LogP contribution in [-0.2, 0) is 6.42 Å². The molecule has 4 nitrogen and oxygen atoms in total. The summed E-state index contributed by atoms with van der Waals surface area (Å²) in [5.74, 6) is 1.77. The van der Waals surface area contributed by atoms with Crippen molar-refractivity contribution in [3.8, 4) is 5.75 Å². The topological polar surface area (TPSA) is 38.2 Å². The lowest BCUT2D eigenvalue weighted by Crippen LogP contribution is -2.25. The van der Waals surface area contributed by atoms with Crippen molar-refractivity contribution < 1.29 is 4.74 Å². The maximum absolute atomic E-state index is 6.46. The summed E-state index contributed by atoms with van der Waals surface area (Å²) in [4.78, 5) is 11.3. The van der Waals surface area contributed by atoms with Gasteiger partial charge in [0.15, 0.2) is 5.16 Å². The number of methoxy groups -OCH3 is 1. The molecule has 1 heterocycles. The minimum absolute atomic E-state index is 0.530.